The lowest BCUT2D eigenvalue weighted by Crippen LogP contribution is -2.42. The van der Waals surface area contributed by atoms with E-state index < -0.39 is 0 Å². The van der Waals surface area contributed by atoms with Crippen molar-refractivity contribution in [1.29, 1.82) is 0 Å². The number of hydrogen-bond acceptors (Lipinski definition) is 7. The van der Waals surface area contributed by atoms with Crippen molar-refractivity contribution < 1.29 is 14.4 Å². The van der Waals surface area contributed by atoms with Crippen LogP contribution in [0.2, 0.25) is 0 Å². The van der Waals surface area contributed by atoms with Gasteiger partial charge < -0.3 is 9.53 Å². The Kier molecular flexibility index (Phi) is 9.66. The number of carbonyl (C=O) groups is 1. The average molecular weight is 430 g/mol. The Hall–Kier alpha value is -1.90. The Morgan fingerprint density at radius 3 is 2.47 bits per heavy atom. The SMILES string of the molecule is C=O.c1ccc(CN2CCN(Sc3ccccc3NOC3CCCCO3)CC2)cc1. The fourth-order valence-electron chi connectivity index (χ4n) is 3.52. The number of nitrogens with one attached hydrogen (secondary N) is 1. The van der Waals surface area contributed by atoms with Gasteiger partial charge in [0.15, 0.2) is 6.29 Å². The summed E-state index contributed by atoms with van der Waals surface area (Å²) in [4.78, 5) is 17.5. The molecule has 2 aliphatic rings. The Labute approximate surface area is 183 Å². The zero-order valence-electron chi connectivity index (χ0n) is 17.4. The van der Waals surface area contributed by atoms with Crippen LogP contribution in [0.3, 0.4) is 0 Å². The van der Waals surface area contributed by atoms with E-state index in [9.17, 15) is 0 Å². The van der Waals surface area contributed by atoms with E-state index in [4.69, 9.17) is 14.4 Å². The number of benzene rings is 2. The number of anilines is 1. The zero-order chi connectivity index (χ0) is 21.0. The highest BCUT2D eigenvalue weighted by Gasteiger charge is 2.20. The Bertz CT molecular complexity index is 735. The molecule has 7 heteroatoms. The van der Waals surface area contributed by atoms with Gasteiger partial charge in [0.25, 0.3) is 0 Å². The van der Waals surface area contributed by atoms with E-state index in [-0.39, 0.29) is 6.29 Å². The van der Waals surface area contributed by atoms with E-state index >= 15 is 0 Å². The number of rotatable bonds is 7. The van der Waals surface area contributed by atoms with Gasteiger partial charge in [-0.15, -0.1) is 0 Å². The molecule has 2 heterocycles. The quantitative estimate of drug-likeness (QED) is 0.523. The van der Waals surface area contributed by atoms with Crippen molar-refractivity contribution in [2.24, 2.45) is 0 Å². The van der Waals surface area contributed by atoms with Crippen molar-refractivity contribution in [2.75, 3.05) is 38.3 Å². The highest BCUT2D eigenvalue weighted by Crippen LogP contribution is 2.31. The summed E-state index contributed by atoms with van der Waals surface area (Å²) in [7, 11) is 0. The van der Waals surface area contributed by atoms with Crippen molar-refractivity contribution in [2.45, 2.75) is 37.0 Å². The number of piperazine rings is 1. The summed E-state index contributed by atoms with van der Waals surface area (Å²) in [6, 6.07) is 19.1. The van der Waals surface area contributed by atoms with E-state index in [1.165, 1.54) is 10.5 Å². The molecule has 1 N–H and O–H groups in total. The van der Waals surface area contributed by atoms with Crippen LogP contribution in [-0.2, 0) is 20.9 Å². The van der Waals surface area contributed by atoms with Crippen LogP contribution in [0, 0.1) is 0 Å². The summed E-state index contributed by atoms with van der Waals surface area (Å²) in [5.41, 5.74) is 5.53. The van der Waals surface area contributed by atoms with Crippen LogP contribution >= 0.6 is 11.9 Å². The van der Waals surface area contributed by atoms with E-state index in [0.29, 0.717) is 0 Å². The lowest BCUT2D eigenvalue weighted by Gasteiger charge is -2.34. The molecule has 2 saturated heterocycles. The smallest absolute Gasteiger partial charge is 0.183 e. The van der Waals surface area contributed by atoms with Crippen LogP contribution in [0.15, 0.2) is 59.5 Å². The van der Waals surface area contributed by atoms with E-state index in [1.54, 1.807) is 0 Å². The maximum Gasteiger partial charge on any atom is 0.183 e. The van der Waals surface area contributed by atoms with Crippen LogP contribution in [0.1, 0.15) is 24.8 Å². The van der Waals surface area contributed by atoms with Crippen LogP contribution in [-0.4, -0.2) is 55.1 Å². The molecule has 0 aliphatic carbocycles. The lowest BCUT2D eigenvalue weighted by molar-refractivity contribution is -0.145. The maximum atomic E-state index is 8.00. The van der Waals surface area contributed by atoms with Crippen LogP contribution < -0.4 is 5.48 Å². The second-order valence-electron chi connectivity index (χ2n) is 7.29. The van der Waals surface area contributed by atoms with Gasteiger partial charge in [0.2, 0.25) is 0 Å². The average Bonchev–Trinajstić information content (AvgIpc) is 2.82. The monoisotopic (exact) mass is 429 g/mol. The lowest BCUT2D eigenvalue weighted by atomic mass is 10.2. The number of para-hydroxylation sites is 1. The predicted molar refractivity (Wildman–Crippen MR) is 121 cm³/mol. The predicted octanol–water partition coefficient (Wildman–Crippen LogP) is 4.20. The molecule has 0 aromatic heterocycles. The second kappa shape index (κ2) is 12.7. The van der Waals surface area contributed by atoms with Crippen molar-refractivity contribution in [3.05, 3.63) is 60.2 Å². The van der Waals surface area contributed by atoms with Crippen molar-refractivity contribution >= 4 is 24.4 Å². The van der Waals surface area contributed by atoms with Gasteiger partial charge in [0.1, 0.15) is 6.79 Å². The first-order valence-electron chi connectivity index (χ1n) is 10.5. The summed E-state index contributed by atoms with van der Waals surface area (Å²) in [6.07, 6.45) is 3.10. The minimum Gasteiger partial charge on any atom is -0.350 e. The molecule has 2 fully saturated rings. The van der Waals surface area contributed by atoms with Gasteiger partial charge in [-0.2, -0.15) is 0 Å². The third kappa shape index (κ3) is 7.11. The van der Waals surface area contributed by atoms with Crippen molar-refractivity contribution in [3.63, 3.8) is 0 Å². The minimum absolute atomic E-state index is 0.145. The molecule has 1 atom stereocenters. The Morgan fingerprint density at radius 1 is 1.00 bits per heavy atom. The van der Waals surface area contributed by atoms with Gasteiger partial charge in [-0.05, 0) is 42.5 Å². The molecule has 0 saturated carbocycles. The van der Waals surface area contributed by atoms with Gasteiger partial charge in [0.05, 0.1) is 5.69 Å². The molecule has 0 radical (unpaired) electrons. The molecule has 2 aliphatic heterocycles. The standard InChI is InChI=1S/C22H29N3O2S.CH2O/c1-2-8-19(9-3-1)18-24-13-15-25(16-14-24)28-21-11-5-4-10-20(21)23-27-22-12-6-7-17-26-22;1-2/h1-5,8-11,22-23H,6-7,12-18H2;1H2. The van der Waals surface area contributed by atoms with Crippen molar-refractivity contribution in [1.82, 2.24) is 9.21 Å². The molecule has 2 aromatic carbocycles. The van der Waals surface area contributed by atoms with Gasteiger partial charge in [0, 0.05) is 50.6 Å². The molecular formula is C23H31N3O3S. The van der Waals surface area contributed by atoms with Crippen LogP contribution in [0.5, 0.6) is 0 Å². The minimum atomic E-state index is -0.145. The van der Waals surface area contributed by atoms with E-state index in [0.717, 1.165) is 64.3 Å². The van der Waals surface area contributed by atoms with Crippen LogP contribution in [0.25, 0.3) is 0 Å². The third-order valence-corrected chi connectivity index (χ3v) is 6.31. The van der Waals surface area contributed by atoms with Crippen LogP contribution in [0.4, 0.5) is 5.69 Å². The van der Waals surface area contributed by atoms with Crippen molar-refractivity contribution in [3.8, 4) is 0 Å². The van der Waals surface area contributed by atoms with E-state index in [1.807, 2.05) is 24.8 Å². The largest absolute Gasteiger partial charge is 0.350 e. The maximum absolute atomic E-state index is 8.00. The van der Waals surface area contributed by atoms with Gasteiger partial charge >= 0.3 is 0 Å². The first-order valence-corrected chi connectivity index (χ1v) is 11.2. The number of carbonyl (C=O) groups excluding carboxylic acids is 1. The first-order chi connectivity index (χ1) is 14.9. The second-order valence-corrected chi connectivity index (χ2v) is 8.43. The number of nitrogens with zero attached hydrogens (tertiary/aromatic N) is 2. The number of ether oxygens (including phenoxy) is 1. The first kappa shape index (κ1) is 22.8. The Balaban J connectivity index is 0.00000124. The summed E-state index contributed by atoms with van der Waals surface area (Å²) in [5, 5.41) is 0. The van der Waals surface area contributed by atoms with E-state index in [2.05, 4.69) is 63.2 Å². The Morgan fingerprint density at radius 2 is 1.73 bits per heavy atom. The molecule has 2 aromatic rings. The summed E-state index contributed by atoms with van der Waals surface area (Å²) in [6.45, 7) is 8.10. The molecule has 1 unspecified atom stereocenters. The van der Waals surface area contributed by atoms with Gasteiger partial charge in [-0.1, -0.05) is 42.5 Å². The highest BCUT2D eigenvalue weighted by molar-refractivity contribution is 7.97. The number of hydrogen-bond donors (Lipinski definition) is 1. The molecule has 0 bridgehead atoms. The normalized spacial score (nSPS) is 20.2. The summed E-state index contributed by atoms with van der Waals surface area (Å²) >= 11 is 1.81. The third-order valence-electron chi connectivity index (χ3n) is 5.13. The fourth-order valence-corrected chi connectivity index (χ4v) is 4.50. The molecule has 6 nitrogen and oxygen atoms in total. The fraction of sp³-hybridized carbons (Fsp3) is 0.435. The molecule has 30 heavy (non-hydrogen) atoms. The highest BCUT2D eigenvalue weighted by atomic mass is 32.2. The molecule has 4 rings (SSSR count). The molecule has 0 amide bonds. The molecule has 0 spiro atoms. The van der Waals surface area contributed by atoms with Gasteiger partial charge in [-0.25, -0.2) is 9.14 Å². The topological polar surface area (TPSA) is 54.0 Å². The summed E-state index contributed by atoms with van der Waals surface area (Å²) in [5.74, 6) is 0. The summed E-state index contributed by atoms with van der Waals surface area (Å²) < 4.78 is 8.09. The zero-order valence-corrected chi connectivity index (χ0v) is 18.2. The van der Waals surface area contributed by atoms with Gasteiger partial charge in [-0.3, -0.25) is 10.4 Å². The molecular weight excluding hydrogens is 398 g/mol. The molecule has 162 valence electrons.